The summed E-state index contributed by atoms with van der Waals surface area (Å²) in [6.45, 7) is 7.72. The van der Waals surface area contributed by atoms with Crippen LogP contribution >= 0.6 is 11.8 Å². The van der Waals surface area contributed by atoms with Crippen LogP contribution in [0, 0.1) is 28.5 Å². The van der Waals surface area contributed by atoms with Crippen LogP contribution in [0.3, 0.4) is 0 Å². The van der Waals surface area contributed by atoms with E-state index in [0.29, 0.717) is 24.4 Å². The highest BCUT2D eigenvalue weighted by atomic mass is 32.2. The molecule has 0 amide bonds. The number of aromatic nitrogens is 3. The van der Waals surface area contributed by atoms with E-state index in [9.17, 15) is 9.65 Å². The van der Waals surface area contributed by atoms with E-state index < -0.39 is 28.6 Å². The lowest BCUT2D eigenvalue weighted by Crippen LogP contribution is -2.56. The summed E-state index contributed by atoms with van der Waals surface area (Å²) in [5.41, 5.74) is 5.25. The van der Waals surface area contributed by atoms with Gasteiger partial charge in [-0.2, -0.15) is 15.2 Å². The average molecular weight is 697 g/mol. The Morgan fingerprint density at radius 3 is 2.45 bits per heavy atom. The molecular formula is C35H43F3N8O2S. The number of hydrogen-bond donors (Lipinski definition) is 1. The van der Waals surface area contributed by atoms with E-state index in [2.05, 4.69) is 47.7 Å². The summed E-state index contributed by atoms with van der Waals surface area (Å²) >= 11 is 0.925. The van der Waals surface area contributed by atoms with Gasteiger partial charge in [-0.1, -0.05) is 11.8 Å². The van der Waals surface area contributed by atoms with Crippen molar-refractivity contribution in [3.63, 3.8) is 0 Å². The molecule has 0 radical (unpaired) electrons. The minimum absolute atomic E-state index is 0.00917. The molecule has 0 bridgehead atoms. The van der Waals surface area contributed by atoms with Crippen LogP contribution in [-0.4, -0.2) is 102 Å². The number of ether oxygens (including phenoxy) is 2. The van der Waals surface area contributed by atoms with Crippen LogP contribution in [0.15, 0.2) is 34.5 Å². The predicted molar refractivity (Wildman–Crippen MR) is 183 cm³/mol. The highest BCUT2D eigenvalue weighted by Gasteiger charge is 2.47. The van der Waals surface area contributed by atoms with Crippen molar-refractivity contribution >= 4 is 34.1 Å². The summed E-state index contributed by atoms with van der Waals surface area (Å²) in [6.07, 6.45) is 7.61. The van der Waals surface area contributed by atoms with Crippen molar-refractivity contribution in [2.24, 2.45) is 17.1 Å². The van der Waals surface area contributed by atoms with Gasteiger partial charge in [0.15, 0.2) is 5.82 Å². The molecule has 10 nitrogen and oxygen atoms in total. The standard InChI is InChI=1S/C35H43F3N8O2S/c1-19-14-46(15-20(2)48-19)16-34(9-10-34)18-47-33-42-28-22(32(43-33)45(5)17-35(44(3)4)7-6-8-35)13-41-29(27(28)38)26-23(36)11-24(37)30-25(26)21(12-39)31(40)49-30/h11,13,19-20,25,30H,6-10,14-18,40H2,1-5H3/t19-,20-,25?,30?/m1/s1. The Hall–Kier alpha value is -3.38. The van der Waals surface area contributed by atoms with Crippen molar-refractivity contribution in [1.29, 1.82) is 5.26 Å². The molecule has 2 aromatic rings. The molecule has 4 heterocycles. The van der Waals surface area contributed by atoms with E-state index >= 15 is 8.78 Å². The number of fused-ring (bicyclic) bond motifs is 2. The van der Waals surface area contributed by atoms with Crippen LogP contribution in [0.4, 0.5) is 19.0 Å². The van der Waals surface area contributed by atoms with E-state index in [0.717, 1.165) is 69.6 Å². The maximum Gasteiger partial charge on any atom is 0.319 e. The zero-order valence-corrected chi connectivity index (χ0v) is 29.4. The number of likely N-dealkylation sites (N-methyl/N-ethyl adjacent to an activating group) is 2. The number of pyridine rings is 1. The second-order valence-electron chi connectivity index (χ2n) is 14.8. The number of anilines is 1. The number of halogens is 3. The predicted octanol–water partition coefficient (Wildman–Crippen LogP) is 5.33. The number of thioether (sulfide) groups is 1. The Bertz CT molecular complexity index is 1790. The topological polar surface area (TPSA) is 117 Å². The molecule has 3 fully saturated rings. The van der Waals surface area contributed by atoms with E-state index in [-0.39, 0.29) is 56.6 Å². The normalized spacial score (nSPS) is 27.6. The Morgan fingerprint density at radius 1 is 1.12 bits per heavy atom. The van der Waals surface area contributed by atoms with Crippen molar-refractivity contribution in [3.8, 4) is 12.1 Å². The van der Waals surface area contributed by atoms with Crippen LogP contribution in [0.1, 0.15) is 51.6 Å². The third-order valence-corrected chi connectivity index (χ3v) is 12.1. The lowest BCUT2D eigenvalue weighted by Gasteiger charge is -2.49. The van der Waals surface area contributed by atoms with Crippen LogP contribution in [0.2, 0.25) is 0 Å². The van der Waals surface area contributed by atoms with Gasteiger partial charge >= 0.3 is 6.01 Å². The van der Waals surface area contributed by atoms with E-state index in [1.54, 1.807) is 0 Å². The van der Waals surface area contributed by atoms with E-state index in [1.165, 1.54) is 6.20 Å². The van der Waals surface area contributed by atoms with Crippen molar-refractivity contribution < 1.29 is 22.6 Å². The van der Waals surface area contributed by atoms with E-state index in [4.69, 9.17) is 20.2 Å². The van der Waals surface area contributed by atoms with Gasteiger partial charge in [0.2, 0.25) is 0 Å². The SMILES string of the molecule is C[C@@H]1CN(CC2(COc3nc(N(C)CC4(N(C)C)CCC4)c4cnc(C5=C(F)C=C(F)C6SC(N)=C(C#N)C56)c(F)c4n3)CC2)C[C@@H](C)O1. The number of morpholine rings is 1. The van der Waals surface area contributed by atoms with Crippen LogP contribution in [0.25, 0.3) is 16.5 Å². The Labute approximate surface area is 289 Å². The molecule has 7 rings (SSSR count). The molecule has 2 aromatic heterocycles. The minimum Gasteiger partial charge on any atom is -0.463 e. The second kappa shape index (κ2) is 12.7. The second-order valence-corrected chi connectivity index (χ2v) is 16.0. The molecule has 2 saturated carbocycles. The highest BCUT2D eigenvalue weighted by Crippen LogP contribution is 2.53. The van der Waals surface area contributed by atoms with Gasteiger partial charge in [-0.05, 0) is 60.0 Å². The summed E-state index contributed by atoms with van der Waals surface area (Å²) in [5, 5.41) is 9.29. The number of nitrogens with zero attached hydrogens (tertiary/aromatic N) is 7. The van der Waals surface area contributed by atoms with Gasteiger partial charge in [-0.25, -0.2) is 13.2 Å². The van der Waals surface area contributed by atoms with E-state index in [1.807, 2.05) is 18.0 Å². The summed E-state index contributed by atoms with van der Waals surface area (Å²) in [4.78, 5) is 20.4. The van der Waals surface area contributed by atoms with Crippen LogP contribution in [-0.2, 0) is 4.74 Å². The zero-order chi connectivity index (χ0) is 34.8. The molecule has 0 spiro atoms. The Balaban J connectivity index is 1.27. The van der Waals surface area contributed by atoms with Crippen molar-refractivity contribution in [2.75, 3.05) is 58.8 Å². The molecule has 4 atom stereocenters. The molecule has 0 aromatic carbocycles. The maximum atomic E-state index is 16.8. The van der Waals surface area contributed by atoms with Gasteiger partial charge in [-0.3, -0.25) is 9.88 Å². The zero-order valence-electron chi connectivity index (χ0n) is 28.6. The molecule has 3 aliphatic carbocycles. The number of nitrogens with two attached hydrogens (primary N) is 1. The summed E-state index contributed by atoms with van der Waals surface area (Å²) < 4.78 is 59.6. The number of rotatable bonds is 10. The van der Waals surface area contributed by atoms with Gasteiger partial charge in [0.05, 0.1) is 46.1 Å². The maximum absolute atomic E-state index is 16.8. The molecule has 1 saturated heterocycles. The third-order valence-electron chi connectivity index (χ3n) is 10.9. The average Bonchev–Trinajstić information content (AvgIpc) is 3.70. The molecule has 49 heavy (non-hydrogen) atoms. The van der Waals surface area contributed by atoms with Crippen LogP contribution in [0.5, 0.6) is 6.01 Å². The first-order valence-electron chi connectivity index (χ1n) is 16.9. The fraction of sp³-hybridized carbons (Fsp3) is 0.600. The van der Waals surface area contributed by atoms with Gasteiger partial charge in [0.25, 0.3) is 0 Å². The monoisotopic (exact) mass is 696 g/mol. The third kappa shape index (κ3) is 6.17. The first-order valence-corrected chi connectivity index (χ1v) is 17.8. The lowest BCUT2D eigenvalue weighted by molar-refractivity contribution is -0.0741. The number of allylic oxidation sites excluding steroid dienone is 4. The fourth-order valence-corrected chi connectivity index (χ4v) is 9.10. The summed E-state index contributed by atoms with van der Waals surface area (Å²) in [6, 6.07) is 2.00. The number of nitriles is 1. The van der Waals surface area contributed by atoms with Crippen molar-refractivity contribution in [1.82, 2.24) is 24.8 Å². The smallest absolute Gasteiger partial charge is 0.319 e. The molecule has 262 valence electrons. The largest absolute Gasteiger partial charge is 0.463 e. The van der Waals surface area contributed by atoms with Gasteiger partial charge in [0, 0.05) is 67.9 Å². The van der Waals surface area contributed by atoms with Crippen molar-refractivity contribution in [2.45, 2.75) is 68.9 Å². The quantitative estimate of drug-likeness (QED) is 0.348. The molecule has 2 aliphatic heterocycles. The van der Waals surface area contributed by atoms with Gasteiger partial charge in [-0.15, -0.1) is 0 Å². The fourth-order valence-electron chi connectivity index (χ4n) is 7.94. The summed E-state index contributed by atoms with van der Waals surface area (Å²) in [5.74, 6) is -3.34. The summed E-state index contributed by atoms with van der Waals surface area (Å²) in [7, 11) is 6.04. The Morgan fingerprint density at radius 2 is 1.84 bits per heavy atom. The first-order chi connectivity index (χ1) is 23.3. The highest BCUT2D eigenvalue weighted by molar-refractivity contribution is 8.04. The molecule has 2 N–H and O–H groups in total. The first kappa shape index (κ1) is 34.1. The van der Waals surface area contributed by atoms with Gasteiger partial charge < -0.3 is 25.0 Å². The van der Waals surface area contributed by atoms with Gasteiger partial charge in [0.1, 0.15) is 28.7 Å². The minimum atomic E-state index is -1.13. The van der Waals surface area contributed by atoms with Crippen LogP contribution < -0.4 is 15.4 Å². The Kier molecular flexibility index (Phi) is 8.87. The van der Waals surface area contributed by atoms with Crippen molar-refractivity contribution in [3.05, 3.63) is 46.0 Å². The molecule has 5 aliphatic rings. The molecule has 14 heteroatoms. The molecular weight excluding hydrogens is 654 g/mol. The molecule has 2 unspecified atom stereocenters. The number of hydrogen-bond acceptors (Lipinski definition) is 11. The lowest BCUT2D eigenvalue weighted by atomic mass is 9.75.